The summed E-state index contributed by atoms with van der Waals surface area (Å²) in [6, 6.07) is 6.82. The zero-order valence-electron chi connectivity index (χ0n) is 15.5. The average molecular weight is 367 g/mol. The molecular weight excluding hydrogens is 336 g/mol. The molecule has 6 nitrogen and oxygen atoms in total. The minimum Gasteiger partial charge on any atom is -0.352 e. The van der Waals surface area contributed by atoms with Crippen molar-refractivity contribution in [1.29, 1.82) is 0 Å². The minimum absolute atomic E-state index is 0.264. The van der Waals surface area contributed by atoms with Gasteiger partial charge in [0.25, 0.3) is 0 Å². The van der Waals surface area contributed by atoms with Crippen molar-refractivity contribution in [3.63, 3.8) is 0 Å². The van der Waals surface area contributed by atoms with Gasteiger partial charge in [0.05, 0.1) is 4.90 Å². The molecule has 0 atom stereocenters. The third-order valence-electron chi connectivity index (χ3n) is 3.93. The highest BCUT2D eigenvalue weighted by Gasteiger charge is 2.11. The second kappa shape index (κ2) is 10.9. The fraction of sp³-hybridized carbons (Fsp3) is 0.500. The van der Waals surface area contributed by atoms with E-state index in [-0.39, 0.29) is 4.90 Å². The molecule has 0 amide bonds. The Bertz CT molecular complexity index is 654. The minimum atomic E-state index is -3.39. The summed E-state index contributed by atoms with van der Waals surface area (Å²) in [5, 5.41) is 3.30. The molecule has 0 fully saturated rings. The maximum absolute atomic E-state index is 11.7. The molecule has 0 saturated heterocycles. The number of rotatable bonds is 10. The van der Waals surface area contributed by atoms with E-state index in [0.29, 0.717) is 6.54 Å². The van der Waals surface area contributed by atoms with Gasteiger partial charge in [-0.15, -0.1) is 6.58 Å². The van der Waals surface area contributed by atoms with Crippen LogP contribution >= 0.6 is 0 Å². The Hall–Kier alpha value is -1.86. The lowest BCUT2D eigenvalue weighted by atomic mass is 10.2. The summed E-state index contributed by atoms with van der Waals surface area (Å²) in [4.78, 5) is 6.67. The summed E-state index contributed by atoms with van der Waals surface area (Å²) in [5.41, 5.74) is 0.996. The molecule has 0 spiro atoms. The summed E-state index contributed by atoms with van der Waals surface area (Å²) < 4.78 is 25.8. The Morgan fingerprint density at radius 1 is 1.24 bits per heavy atom. The van der Waals surface area contributed by atoms with Gasteiger partial charge in [-0.05, 0) is 44.0 Å². The van der Waals surface area contributed by atoms with Crippen LogP contribution in [0.25, 0.3) is 0 Å². The maximum Gasteiger partial charge on any atom is 0.240 e. The first-order valence-electron chi connectivity index (χ1n) is 8.49. The molecule has 0 heterocycles. The first-order chi connectivity index (χ1) is 11.9. The van der Waals surface area contributed by atoms with Crippen LogP contribution in [-0.2, 0) is 16.6 Å². The van der Waals surface area contributed by atoms with Gasteiger partial charge in [-0.25, -0.2) is 13.1 Å². The fourth-order valence-electron chi connectivity index (χ4n) is 2.39. The Labute approximate surface area is 152 Å². The van der Waals surface area contributed by atoms with Gasteiger partial charge < -0.3 is 10.2 Å². The average Bonchev–Trinajstić information content (AvgIpc) is 2.62. The van der Waals surface area contributed by atoms with Crippen molar-refractivity contribution in [3.05, 3.63) is 42.5 Å². The highest BCUT2D eigenvalue weighted by molar-refractivity contribution is 7.89. The molecule has 1 aromatic carbocycles. The van der Waals surface area contributed by atoms with Crippen molar-refractivity contribution < 1.29 is 8.42 Å². The van der Waals surface area contributed by atoms with E-state index in [1.54, 1.807) is 31.3 Å². The summed E-state index contributed by atoms with van der Waals surface area (Å²) in [6.45, 7) is 5.27. The Morgan fingerprint density at radius 3 is 2.48 bits per heavy atom. The molecule has 1 rings (SSSR count). The standard InChI is InChI=1S/C18H30N4O2S/c1-5-6-7-8-9-14-22(4)18(19-2)21-15-16-10-12-17(13-11-16)25(23,24)20-3/h5,10-13,20H,1,6-9,14-15H2,2-4H3,(H,19,21). The highest BCUT2D eigenvalue weighted by Crippen LogP contribution is 2.10. The van der Waals surface area contributed by atoms with E-state index in [0.717, 1.165) is 30.9 Å². The van der Waals surface area contributed by atoms with Gasteiger partial charge in [0.1, 0.15) is 0 Å². The van der Waals surface area contributed by atoms with Crippen LogP contribution in [0.2, 0.25) is 0 Å². The SMILES string of the molecule is C=CCCCCCN(C)C(=NC)NCc1ccc(S(=O)(=O)NC)cc1. The van der Waals surface area contributed by atoms with Crippen molar-refractivity contribution in [1.82, 2.24) is 14.9 Å². The van der Waals surface area contributed by atoms with Crippen LogP contribution in [0.4, 0.5) is 0 Å². The van der Waals surface area contributed by atoms with Crippen molar-refractivity contribution >= 4 is 16.0 Å². The lowest BCUT2D eigenvalue weighted by molar-refractivity contribution is 0.455. The predicted octanol–water partition coefficient (Wildman–Crippen LogP) is 2.35. The molecule has 0 saturated carbocycles. The highest BCUT2D eigenvalue weighted by atomic mass is 32.2. The number of nitrogens with one attached hydrogen (secondary N) is 2. The van der Waals surface area contributed by atoms with E-state index < -0.39 is 10.0 Å². The molecule has 0 aliphatic carbocycles. The summed E-state index contributed by atoms with van der Waals surface area (Å²) in [6.07, 6.45) is 6.48. The predicted molar refractivity (Wildman–Crippen MR) is 104 cm³/mol. The number of hydrogen-bond acceptors (Lipinski definition) is 3. The Balaban J connectivity index is 2.50. The largest absolute Gasteiger partial charge is 0.352 e. The molecule has 7 heteroatoms. The molecule has 0 aliphatic heterocycles. The third-order valence-corrected chi connectivity index (χ3v) is 5.36. The van der Waals surface area contributed by atoms with Gasteiger partial charge in [0.15, 0.2) is 5.96 Å². The number of nitrogens with zero attached hydrogens (tertiary/aromatic N) is 2. The summed E-state index contributed by atoms with van der Waals surface area (Å²) >= 11 is 0. The van der Waals surface area contributed by atoms with E-state index in [1.165, 1.54) is 19.9 Å². The molecule has 140 valence electrons. The lowest BCUT2D eigenvalue weighted by Crippen LogP contribution is -2.39. The maximum atomic E-state index is 11.7. The van der Waals surface area contributed by atoms with E-state index in [2.05, 4.69) is 26.5 Å². The number of allylic oxidation sites excluding steroid dienone is 1. The molecule has 0 unspecified atom stereocenters. The van der Waals surface area contributed by atoms with Gasteiger partial charge in [0.2, 0.25) is 10.0 Å². The number of sulfonamides is 1. The van der Waals surface area contributed by atoms with E-state index in [9.17, 15) is 8.42 Å². The van der Waals surface area contributed by atoms with Crippen LogP contribution < -0.4 is 10.0 Å². The Morgan fingerprint density at radius 2 is 1.92 bits per heavy atom. The van der Waals surface area contributed by atoms with Crippen LogP contribution in [0.15, 0.2) is 46.8 Å². The zero-order valence-corrected chi connectivity index (χ0v) is 16.3. The molecule has 0 aromatic heterocycles. The van der Waals surface area contributed by atoms with Crippen LogP contribution in [0.5, 0.6) is 0 Å². The van der Waals surface area contributed by atoms with Crippen LogP contribution in [-0.4, -0.2) is 47.0 Å². The van der Waals surface area contributed by atoms with Crippen LogP contribution in [0, 0.1) is 0 Å². The molecule has 25 heavy (non-hydrogen) atoms. The monoisotopic (exact) mass is 366 g/mol. The third kappa shape index (κ3) is 7.27. The smallest absolute Gasteiger partial charge is 0.240 e. The van der Waals surface area contributed by atoms with Gasteiger partial charge in [-0.2, -0.15) is 0 Å². The molecule has 1 aromatic rings. The van der Waals surface area contributed by atoms with Gasteiger partial charge in [-0.1, -0.05) is 24.6 Å². The number of hydrogen-bond donors (Lipinski definition) is 2. The number of benzene rings is 1. The topological polar surface area (TPSA) is 73.8 Å². The van der Waals surface area contributed by atoms with Crippen molar-refractivity contribution in [2.75, 3.05) is 27.7 Å². The van der Waals surface area contributed by atoms with Gasteiger partial charge in [-0.3, -0.25) is 4.99 Å². The van der Waals surface area contributed by atoms with E-state index >= 15 is 0 Å². The summed E-state index contributed by atoms with van der Waals surface area (Å²) in [5.74, 6) is 0.829. The molecule has 2 N–H and O–H groups in total. The summed E-state index contributed by atoms with van der Waals surface area (Å²) in [7, 11) is 1.80. The first-order valence-corrected chi connectivity index (χ1v) is 9.98. The fourth-order valence-corrected chi connectivity index (χ4v) is 3.12. The second-order valence-electron chi connectivity index (χ2n) is 5.81. The lowest BCUT2D eigenvalue weighted by Gasteiger charge is -2.22. The molecule has 0 radical (unpaired) electrons. The van der Waals surface area contributed by atoms with Crippen molar-refractivity contribution in [2.45, 2.75) is 37.1 Å². The first kappa shape index (κ1) is 21.2. The number of unbranched alkanes of at least 4 members (excludes halogenated alkanes) is 3. The van der Waals surface area contributed by atoms with Gasteiger partial charge >= 0.3 is 0 Å². The second-order valence-corrected chi connectivity index (χ2v) is 7.70. The Kier molecular flexibility index (Phi) is 9.23. The van der Waals surface area contributed by atoms with E-state index in [1.807, 2.05) is 13.1 Å². The van der Waals surface area contributed by atoms with Crippen molar-refractivity contribution in [2.24, 2.45) is 4.99 Å². The van der Waals surface area contributed by atoms with E-state index in [4.69, 9.17) is 0 Å². The molecule has 0 aliphatic rings. The molecular formula is C18H30N4O2S. The van der Waals surface area contributed by atoms with Gasteiger partial charge in [0, 0.05) is 27.2 Å². The quantitative estimate of drug-likeness (QED) is 0.288. The number of aliphatic imine (C=N–C) groups is 1. The number of guanidine groups is 1. The van der Waals surface area contributed by atoms with Crippen molar-refractivity contribution in [3.8, 4) is 0 Å². The molecule has 0 bridgehead atoms. The van der Waals surface area contributed by atoms with Crippen LogP contribution in [0.1, 0.15) is 31.2 Å². The van der Waals surface area contributed by atoms with Crippen LogP contribution in [0.3, 0.4) is 0 Å². The normalized spacial score (nSPS) is 12.0. The zero-order chi connectivity index (χ0) is 18.7.